The molecule has 9 heteroatoms. The second-order valence-corrected chi connectivity index (χ2v) is 6.81. The van der Waals surface area contributed by atoms with Gasteiger partial charge in [0.25, 0.3) is 0 Å². The van der Waals surface area contributed by atoms with Crippen LogP contribution in [0.2, 0.25) is 0 Å². The number of benzene rings is 1. The Bertz CT molecular complexity index is 744. The van der Waals surface area contributed by atoms with Gasteiger partial charge in [0.15, 0.2) is 0 Å². The lowest BCUT2D eigenvalue weighted by Gasteiger charge is -2.14. The average Bonchev–Trinajstić information content (AvgIpc) is 2.77. The summed E-state index contributed by atoms with van der Waals surface area (Å²) < 4.78 is 42.1. The van der Waals surface area contributed by atoms with Gasteiger partial charge in [-0.2, -0.15) is 0 Å². The number of carboxylic acids is 1. The van der Waals surface area contributed by atoms with Gasteiger partial charge in [0.05, 0.1) is 25.4 Å². The molecule has 130 valence electrons. The number of esters is 1. The summed E-state index contributed by atoms with van der Waals surface area (Å²) in [6.07, 6.45) is 0.628. The molecule has 0 bridgehead atoms. The first kappa shape index (κ1) is 18.3. The smallest absolute Gasteiger partial charge is 0.362 e. The first-order chi connectivity index (χ1) is 11.3. The minimum absolute atomic E-state index is 0.0567. The number of methoxy groups -OCH3 is 1. The lowest BCUT2D eigenvalue weighted by atomic mass is 10.0. The molecule has 0 radical (unpaired) electrons. The predicted molar refractivity (Wildman–Crippen MR) is 82.4 cm³/mol. The monoisotopic (exact) mass is 358 g/mol. The van der Waals surface area contributed by atoms with E-state index in [1.165, 1.54) is 7.11 Å². The van der Waals surface area contributed by atoms with Crippen molar-refractivity contribution in [2.45, 2.75) is 19.4 Å². The van der Waals surface area contributed by atoms with Crippen molar-refractivity contribution in [3.8, 4) is 0 Å². The van der Waals surface area contributed by atoms with E-state index in [4.69, 9.17) is 14.2 Å². The lowest BCUT2D eigenvalue weighted by molar-refractivity contribution is -0.142. The van der Waals surface area contributed by atoms with E-state index < -0.39 is 31.5 Å². The summed E-state index contributed by atoms with van der Waals surface area (Å²) in [5.41, 5.74) is 0.249. The van der Waals surface area contributed by atoms with Crippen molar-refractivity contribution in [2.24, 2.45) is 0 Å². The van der Waals surface area contributed by atoms with E-state index in [9.17, 15) is 18.5 Å². The molecule has 2 rings (SSSR count). The van der Waals surface area contributed by atoms with Gasteiger partial charge < -0.3 is 14.4 Å². The van der Waals surface area contributed by atoms with Crippen LogP contribution >= 0.6 is 7.60 Å². The molecule has 2 atom stereocenters. The van der Waals surface area contributed by atoms with E-state index in [1.54, 1.807) is 6.92 Å². The van der Waals surface area contributed by atoms with Crippen molar-refractivity contribution in [3.63, 3.8) is 0 Å². The van der Waals surface area contributed by atoms with E-state index in [2.05, 4.69) is 4.74 Å². The number of rotatable bonds is 6. The molecule has 0 aromatic heterocycles. The van der Waals surface area contributed by atoms with E-state index in [0.29, 0.717) is 0 Å². The molecule has 0 amide bonds. The number of hydrogen-bond donors (Lipinski definition) is 1. The number of ether oxygens (including phenoxy) is 1. The van der Waals surface area contributed by atoms with Gasteiger partial charge in [0.2, 0.25) is 0 Å². The summed E-state index contributed by atoms with van der Waals surface area (Å²) in [5, 5.41) is 8.82. The van der Waals surface area contributed by atoms with Gasteiger partial charge in [-0.05, 0) is 30.7 Å². The van der Waals surface area contributed by atoms with Crippen LogP contribution in [0.15, 0.2) is 18.2 Å². The molecular formula is C15H16FO7P. The maximum Gasteiger partial charge on any atom is 0.362 e. The third-order valence-corrected chi connectivity index (χ3v) is 5.50. The standard InChI is InChI=1S/C15H16FO7P/c1-3-22-24(20)15-9(4-5-13(17)18)6-10(16)7-11(15)12(23-24)8-14(19)21-2/h4-7,12H,3,8H2,1-2H3,(H,17,18). The van der Waals surface area contributed by atoms with Crippen LogP contribution in [0.5, 0.6) is 0 Å². The molecule has 24 heavy (non-hydrogen) atoms. The number of carboxylic acid groups (broad SMARTS) is 1. The van der Waals surface area contributed by atoms with Crippen LogP contribution in [0.3, 0.4) is 0 Å². The highest BCUT2D eigenvalue weighted by Gasteiger charge is 2.45. The topological polar surface area (TPSA) is 99.1 Å². The number of halogens is 1. The van der Waals surface area contributed by atoms with Crippen molar-refractivity contribution in [1.29, 1.82) is 0 Å². The van der Waals surface area contributed by atoms with Crippen LogP contribution in [0.25, 0.3) is 6.08 Å². The highest BCUT2D eigenvalue weighted by atomic mass is 31.2. The van der Waals surface area contributed by atoms with Crippen molar-refractivity contribution in [1.82, 2.24) is 0 Å². The Hall–Kier alpha value is -2.02. The Labute approximate surface area is 137 Å². The number of fused-ring (bicyclic) bond motifs is 1. The highest BCUT2D eigenvalue weighted by Crippen LogP contribution is 2.59. The normalized spacial score (nSPS) is 22.5. The van der Waals surface area contributed by atoms with Gasteiger partial charge in [-0.1, -0.05) is 0 Å². The Morgan fingerprint density at radius 2 is 2.17 bits per heavy atom. The van der Waals surface area contributed by atoms with Crippen LogP contribution < -0.4 is 5.30 Å². The summed E-state index contributed by atoms with van der Waals surface area (Å²) in [7, 11) is -2.63. The lowest BCUT2D eigenvalue weighted by Crippen LogP contribution is -2.13. The minimum atomic E-state index is -3.82. The number of hydrogen-bond acceptors (Lipinski definition) is 6. The molecule has 0 saturated heterocycles. The molecular weight excluding hydrogens is 342 g/mol. The van der Waals surface area contributed by atoms with Crippen LogP contribution in [-0.4, -0.2) is 30.8 Å². The third kappa shape index (κ3) is 3.72. The van der Waals surface area contributed by atoms with E-state index >= 15 is 0 Å². The first-order valence-corrected chi connectivity index (χ1v) is 8.59. The summed E-state index contributed by atoms with van der Waals surface area (Å²) >= 11 is 0. The summed E-state index contributed by atoms with van der Waals surface area (Å²) in [6, 6.07) is 2.13. The fourth-order valence-electron chi connectivity index (χ4n) is 2.42. The number of carbonyl (C=O) groups is 2. The molecule has 1 N–H and O–H groups in total. The summed E-state index contributed by atoms with van der Waals surface area (Å²) in [6.45, 7) is 1.66. The molecule has 1 heterocycles. The molecule has 1 aromatic rings. The van der Waals surface area contributed by atoms with E-state index in [-0.39, 0.29) is 29.5 Å². The molecule has 0 fully saturated rings. The van der Waals surface area contributed by atoms with Crippen LogP contribution in [0, 0.1) is 5.82 Å². The van der Waals surface area contributed by atoms with Gasteiger partial charge in [-0.15, -0.1) is 0 Å². The van der Waals surface area contributed by atoms with Crippen molar-refractivity contribution >= 4 is 30.9 Å². The van der Waals surface area contributed by atoms with Gasteiger partial charge in [0, 0.05) is 11.6 Å². The second kappa shape index (κ2) is 7.25. The Morgan fingerprint density at radius 1 is 1.46 bits per heavy atom. The molecule has 0 saturated carbocycles. The van der Waals surface area contributed by atoms with Crippen molar-refractivity contribution in [3.05, 3.63) is 35.2 Å². The molecule has 1 aromatic carbocycles. The number of carbonyl (C=O) groups excluding carboxylic acids is 1. The maximum atomic E-state index is 13.9. The zero-order chi connectivity index (χ0) is 17.9. The van der Waals surface area contributed by atoms with Crippen molar-refractivity contribution in [2.75, 3.05) is 13.7 Å². The fraction of sp³-hybridized carbons (Fsp3) is 0.333. The van der Waals surface area contributed by atoms with Gasteiger partial charge in [0.1, 0.15) is 11.9 Å². The van der Waals surface area contributed by atoms with E-state index in [0.717, 1.165) is 24.3 Å². The van der Waals surface area contributed by atoms with Crippen LogP contribution in [0.1, 0.15) is 30.6 Å². The average molecular weight is 358 g/mol. The zero-order valence-electron chi connectivity index (χ0n) is 13.0. The van der Waals surface area contributed by atoms with E-state index in [1.807, 2.05) is 0 Å². The quantitative estimate of drug-likeness (QED) is 0.474. The van der Waals surface area contributed by atoms with Crippen molar-refractivity contribution < 1.29 is 37.4 Å². The fourth-order valence-corrected chi connectivity index (χ4v) is 4.55. The van der Waals surface area contributed by atoms with Gasteiger partial charge >= 0.3 is 19.5 Å². The highest BCUT2D eigenvalue weighted by molar-refractivity contribution is 7.62. The summed E-state index contributed by atoms with van der Waals surface area (Å²) in [5.74, 6) is -2.55. The molecule has 1 aliphatic rings. The van der Waals surface area contributed by atoms with Gasteiger partial charge in [-0.3, -0.25) is 13.9 Å². The predicted octanol–water partition coefficient (Wildman–Crippen LogP) is 2.41. The summed E-state index contributed by atoms with van der Waals surface area (Å²) in [4.78, 5) is 22.2. The molecule has 0 aliphatic carbocycles. The minimum Gasteiger partial charge on any atom is -0.478 e. The second-order valence-electron chi connectivity index (χ2n) is 4.89. The van der Waals surface area contributed by atoms with Crippen LogP contribution in [-0.2, 0) is 27.9 Å². The Kier molecular flexibility index (Phi) is 5.54. The maximum absolute atomic E-state index is 13.9. The largest absolute Gasteiger partial charge is 0.478 e. The Balaban J connectivity index is 2.59. The first-order valence-electron chi connectivity index (χ1n) is 7.05. The third-order valence-electron chi connectivity index (χ3n) is 3.30. The molecule has 0 spiro atoms. The zero-order valence-corrected chi connectivity index (χ0v) is 13.9. The number of aliphatic carboxylic acids is 1. The molecule has 2 unspecified atom stereocenters. The SMILES string of the molecule is CCOP1(=O)OC(CC(=O)OC)c2cc(F)cc(C=CC(=O)O)c21. The van der Waals surface area contributed by atoms with Crippen LogP contribution in [0.4, 0.5) is 4.39 Å². The van der Waals surface area contributed by atoms with Gasteiger partial charge in [-0.25, -0.2) is 9.18 Å². The Morgan fingerprint density at radius 3 is 2.75 bits per heavy atom. The molecule has 7 nitrogen and oxygen atoms in total. The molecule has 1 aliphatic heterocycles.